The summed E-state index contributed by atoms with van der Waals surface area (Å²) in [6.45, 7) is 0.144. The van der Waals surface area contributed by atoms with Gasteiger partial charge in [-0.3, -0.25) is 4.79 Å². The minimum atomic E-state index is -4.39. The quantitative estimate of drug-likeness (QED) is 0.382. The molecule has 0 unspecified atom stereocenters. The predicted octanol–water partition coefficient (Wildman–Crippen LogP) is 4.55. The SMILES string of the molecule is Nc1c(C2(NC=O)CCCC2)ccc(NCc2ccc(C(F)(F)F)cc2)c1F. The van der Waals surface area contributed by atoms with Crippen LogP contribution in [0.3, 0.4) is 0 Å². The smallest absolute Gasteiger partial charge is 0.396 e. The third-order valence-electron chi connectivity index (χ3n) is 5.25. The first kappa shape index (κ1) is 20.0. The number of rotatable bonds is 6. The molecule has 0 saturated heterocycles. The maximum atomic E-state index is 14.8. The van der Waals surface area contributed by atoms with Crippen molar-refractivity contribution >= 4 is 17.8 Å². The van der Waals surface area contributed by atoms with E-state index >= 15 is 0 Å². The van der Waals surface area contributed by atoms with Crippen molar-refractivity contribution in [2.45, 2.75) is 43.9 Å². The van der Waals surface area contributed by atoms with Gasteiger partial charge in [0.25, 0.3) is 0 Å². The Morgan fingerprint density at radius 2 is 1.71 bits per heavy atom. The van der Waals surface area contributed by atoms with Crippen LogP contribution in [0.25, 0.3) is 0 Å². The zero-order chi connectivity index (χ0) is 20.4. The molecule has 0 aromatic heterocycles. The van der Waals surface area contributed by atoms with Crippen molar-refractivity contribution in [3.8, 4) is 0 Å². The number of nitrogens with two attached hydrogens (primary N) is 1. The number of nitrogen functional groups attached to an aromatic ring is 1. The van der Waals surface area contributed by atoms with Gasteiger partial charge in [-0.25, -0.2) is 4.39 Å². The van der Waals surface area contributed by atoms with Crippen molar-refractivity contribution in [2.24, 2.45) is 0 Å². The first-order valence-corrected chi connectivity index (χ1v) is 8.97. The molecule has 4 N–H and O–H groups in total. The van der Waals surface area contributed by atoms with E-state index in [0.29, 0.717) is 30.4 Å². The number of hydrogen-bond donors (Lipinski definition) is 3. The molecule has 2 aromatic carbocycles. The average molecular weight is 395 g/mol. The van der Waals surface area contributed by atoms with Crippen molar-refractivity contribution in [3.63, 3.8) is 0 Å². The number of hydrogen-bond acceptors (Lipinski definition) is 3. The number of alkyl halides is 3. The number of benzene rings is 2. The Morgan fingerprint density at radius 3 is 2.29 bits per heavy atom. The van der Waals surface area contributed by atoms with Crippen LogP contribution in [0.1, 0.15) is 42.4 Å². The zero-order valence-corrected chi connectivity index (χ0v) is 15.1. The van der Waals surface area contributed by atoms with Crippen LogP contribution in [0.15, 0.2) is 36.4 Å². The summed E-state index contributed by atoms with van der Waals surface area (Å²) >= 11 is 0. The fourth-order valence-electron chi connectivity index (χ4n) is 3.74. The van der Waals surface area contributed by atoms with Gasteiger partial charge >= 0.3 is 6.18 Å². The summed E-state index contributed by atoms with van der Waals surface area (Å²) in [6, 6.07) is 7.88. The van der Waals surface area contributed by atoms with Gasteiger partial charge in [0.2, 0.25) is 6.41 Å². The molecule has 8 heteroatoms. The third kappa shape index (κ3) is 3.90. The molecule has 1 aliphatic rings. The molecule has 3 rings (SSSR count). The molecule has 1 amide bonds. The van der Waals surface area contributed by atoms with E-state index in [2.05, 4.69) is 10.6 Å². The van der Waals surface area contributed by atoms with Crippen molar-refractivity contribution in [3.05, 3.63) is 58.9 Å². The number of halogens is 4. The van der Waals surface area contributed by atoms with Gasteiger partial charge in [-0.15, -0.1) is 0 Å². The molecule has 28 heavy (non-hydrogen) atoms. The first-order valence-electron chi connectivity index (χ1n) is 8.97. The van der Waals surface area contributed by atoms with Gasteiger partial charge in [-0.2, -0.15) is 13.2 Å². The molecule has 0 spiro atoms. The summed E-state index contributed by atoms with van der Waals surface area (Å²) in [7, 11) is 0. The molecular weight excluding hydrogens is 374 g/mol. The van der Waals surface area contributed by atoms with Crippen molar-refractivity contribution < 1.29 is 22.4 Å². The lowest BCUT2D eigenvalue weighted by molar-refractivity contribution is -0.137. The van der Waals surface area contributed by atoms with Gasteiger partial charge < -0.3 is 16.4 Å². The summed E-state index contributed by atoms with van der Waals surface area (Å²) in [5, 5.41) is 5.66. The highest BCUT2D eigenvalue weighted by molar-refractivity contribution is 5.64. The Morgan fingerprint density at radius 1 is 1.07 bits per heavy atom. The van der Waals surface area contributed by atoms with E-state index < -0.39 is 23.1 Å². The van der Waals surface area contributed by atoms with E-state index in [-0.39, 0.29) is 17.9 Å². The molecule has 150 valence electrons. The lowest BCUT2D eigenvalue weighted by atomic mass is 9.86. The number of nitrogens with one attached hydrogen (secondary N) is 2. The minimum Gasteiger partial charge on any atom is -0.396 e. The van der Waals surface area contributed by atoms with Crippen molar-refractivity contribution in [1.29, 1.82) is 0 Å². The Balaban J connectivity index is 1.77. The normalized spacial score (nSPS) is 16.0. The molecule has 1 saturated carbocycles. The van der Waals surface area contributed by atoms with Crippen LogP contribution in [-0.2, 0) is 23.1 Å². The van der Waals surface area contributed by atoms with Crippen LogP contribution in [0, 0.1) is 5.82 Å². The van der Waals surface area contributed by atoms with Gasteiger partial charge in [0.05, 0.1) is 22.5 Å². The van der Waals surface area contributed by atoms with E-state index in [1.807, 2.05) is 0 Å². The van der Waals surface area contributed by atoms with Crippen LogP contribution < -0.4 is 16.4 Å². The van der Waals surface area contributed by atoms with E-state index in [1.54, 1.807) is 6.07 Å². The van der Waals surface area contributed by atoms with Crippen LogP contribution in [0.5, 0.6) is 0 Å². The molecule has 0 radical (unpaired) electrons. The predicted molar refractivity (Wildman–Crippen MR) is 98.9 cm³/mol. The Bertz CT molecular complexity index is 844. The molecule has 0 atom stereocenters. The van der Waals surface area contributed by atoms with Crippen LogP contribution in [-0.4, -0.2) is 6.41 Å². The topological polar surface area (TPSA) is 67.1 Å². The van der Waals surface area contributed by atoms with Gasteiger partial charge in [0.1, 0.15) is 0 Å². The Labute approximate surface area is 160 Å². The maximum Gasteiger partial charge on any atom is 0.416 e. The van der Waals surface area contributed by atoms with Gasteiger partial charge in [-0.1, -0.05) is 31.0 Å². The largest absolute Gasteiger partial charge is 0.416 e. The van der Waals surface area contributed by atoms with E-state index in [4.69, 9.17) is 5.73 Å². The lowest BCUT2D eigenvalue weighted by Gasteiger charge is -2.30. The summed E-state index contributed by atoms with van der Waals surface area (Å²) in [5.41, 5.74) is 5.87. The van der Waals surface area contributed by atoms with Crippen LogP contribution in [0.2, 0.25) is 0 Å². The highest BCUT2D eigenvalue weighted by atomic mass is 19.4. The van der Waals surface area contributed by atoms with E-state index in [9.17, 15) is 22.4 Å². The molecule has 0 heterocycles. The summed E-state index contributed by atoms with van der Waals surface area (Å²) in [4.78, 5) is 11.0. The number of amides is 1. The zero-order valence-electron chi connectivity index (χ0n) is 15.1. The second-order valence-corrected chi connectivity index (χ2v) is 6.99. The molecule has 0 aliphatic heterocycles. The fourth-order valence-corrected chi connectivity index (χ4v) is 3.74. The number of anilines is 2. The lowest BCUT2D eigenvalue weighted by Crippen LogP contribution is -2.39. The molecule has 1 aliphatic carbocycles. The fraction of sp³-hybridized carbons (Fsp3) is 0.350. The van der Waals surface area contributed by atoms with Crippen molar-refractivity contribution in [1.82, 2.24) is 5.32 Å². The van der Waals surface area contributed by atoms with Gasteiger partial charge in [-0.05, 0) is 36.6 Å². The standard InChI is InChI=1S/C20H21F4N3O/c21-17-16(26-11-13-3-5-14(6-4-13)20(22,23)24)8-7-15(18(17)25)19(27-12-28)9-1-2-10-19/h3-8,12,26H,1-2,9-11,25H2,(H,27,28). The van der Waals surface area contributed by atoms with E-state index in [0.717, 1.165) is 25.0 Å². The highest BCUT2D eigenvalue weighted by Crippen LogP contribution is 2.42. The van der Waals surface area contributed by atoms with Crippen LogP contribution in [0.4, 0.5) is 28.9 Å². The summed E-state index contributed by atoms with van der Waals surface area (Å²) in [5.74, 6) is -0.636. The second-order valence-electron chi connectivity index (χ2n) is 6.99. The molecule has 0 bridgehead atoms. The third-order valence-corrected chi connectivity index (χ3v) is 5.25. The van der Waals surface area contributed by atoms with Gasteiger partial charge in [0.15, 0.2) is 5.82 Å². The highest BCUT2D eigenvalue weighted by Gasteiger charge is 2.37. The molecule has 4 nitrogen and oxygen atoms in total. The monoisotopic (exact) mass is 395 g/mol. The number of carbonyl (C=O) groups is 1. The Kier molecular flexibility index (Phi) is 5.49. The summed E-state index contributed by atoms with van der Waals surface area (Å²) in [6.07, 6.45) is -0.583. The average Bonchev–Trinajstić information content (AvgIpc) is 3.12. The van der Waals surface area contributed by atoms with Crippen LogP contribution >= 0.6 is 0 Å². The van der Waals surface area contributed by atoms with Gasteiger partial charge in [0, 0.05) is 12.1 Å². The molecule has 2 aromatic rings. The second kappa shape index (κ2) is 7.69. The Hall–Kier alpha value is -2.77. The molecule has 1 fully saturated rings. The molecular formula is C20H21F4N3O. The first-order chi connectivity index (χ1) is 13.3. The summed E-state index contributed by atoms with van der Waals surface area (Å²) < 4.78 is 52.6. The minimum absolute atomic E-state index is 0.0336. The van der Waals surface area contributed by atoms with Crippen molar-refractivity contribution in [2.75, 3.05) is 11.1 Å². The van der Waals surface area contributed by atoms with E-state index in [1.165, 1.54) is 18.2 Å². The maximum absolute atomic E-state index is 14.8. The number of carbonyl (C=O) groups excluding carboxylic acids is 1.